The molecule has 300 valence electrons. The molecule has 57 heavy (non-hydrogen) atoms. The number of carboxylic acid groups (broad SMARTS) is 4. The zero-order valence-electron chi connectivity index (χ0n) is 32.0. The van der Waals surface area contributed by atoms with Gasteiger partial charge in [0, 0.05) is 48.4 Å². The summed E-state index contributed by atoms with van der Waals surface area (Å²) in [5.74, 6) is -3.69. The van der Waals surface area contributed by atoms with Gasteiger partial charge in [-0.15, -0.1) is 0 Å². The lowest BCUT2D eigenvalue weighted by molar-refractivity contribution is -0.138. The van der Waals surface area contributed by atoms with E-state index in [4.69, 9.17) is 18.6 Å². The number of ether oxygens (including phenoxy) is 3. The van der Waals surface area contributed by atoms with E-state index in [0.29, 0.717) is 22.6 Å². The zero-order chi connectivity index (χ0) is 41.2. The summed E-state index contributed by atoms with van der Waals surface area (Å²) in [6, 6.07) is 23.5. The quantitative estimate of drug-likeness (QED) is 0.0505. The summed E-state index contributed by atoms with van der Waals surface area (Å²) < 4.78 is 26.2. The number of nitrogens with zero attached hydrogens (tertiary/aromatic N) is 4. The molecule has 1 heterocycles. The van der Waals surface area contributed by atoms with Gasteiger partial charge in [-0.05, 0) is 48.0 Å². The molecule has 0 aromatic heterocycles. The van der Waals surface area contributed by atoms with Crippen molar-refractivity contribution in [3.63, 3.8) is 0 Å². The van der Waals surface area contributed by atoms with Crippen molar-refractivity contribution in [2.75, 3.05) is 95.5 Å². The van der Waals surface area contributed by atoms with Crippen molar-refractivity contribution < 1.29 is 58.2 Å². The number of anilines is 3. The minimum absolute atomic E-state index is 0.00394. The Labute approximate surface area is 327 Å². The van der Waals surface area contributed by atoms with Gasteiger partial charge in [-0.1, -0.05) is 18.2 Å². The Kier molecular flexibility index (Phi) is 13.6. The topological polar surface area (TPSA) is 203 Å². The van der Waals surface area contributed by atoms with E-state index >= 15 is 0 Å². The summed E-state index contributed by atoms with van der Waals surface area (Å²) in [7, 11) is 7.75. The van der Waals surface area contributed by atoms with E-state index < -0.39 is 50.1 Å². The number of fused-ring (bicyclic) bond motifs is 2. The third kappa shape index (κ3) is 10.7. The largest absolute Gasteiger partial charge is 0.489 e. The minimum atomic E-state index is -1.22. The Morgan fingerprint density at radius 1 is 0.649 bits per heavy atom. The van der Waals surface area contributed by atoms with Gasteiger partial charge >= 0.3 is 23.9 Å². The summed E-state index contributed by atoms with van der Waals surface area (Å²) in [6.07, 6.45) is 0. The van der Waals surface area contributed by atoms with Crippen LogP contribution in [0.5, 0.6) is 11.5 Å². The second-order valence-corrected chi connectivity index (χ2v) is 13.4. The number of carbonyl (C=O) groups is 4. The van der Waals surface area contributed by atoms with Crippen LogP contribution in [0.2, 0.25) is 0 Å². The number of para-hydroxylation sites is 2. The van der Waals surface area contributed by atoms with Gasteiger partial charge in [0.2, 0.25) is 5.36 Å². The molecule has 0 amide bonds. The molecule has 4 N–H and O–H groups in total. The summed E-state index contributed by atoms with van der Waals surface area (Å²) in [5.41, 5.74) is 4.50. The molecule has 0 bridgehead atoms. The molecule has 0 saturated carbocycles. The average molecular weight is 786 g/mol. The summed E-state index contributed by atoms with van der Waals surface area (Å²) in [6.45, 7) is -2.08. The van der Waals surface area contributed by atoms with E-state index in [2.05, 4.69) is 0 Å². The smallest absolute Gasteiger partial charge is 0.323 e. The molecular formula is C41H45N4O12+. The van der Waals surface area contributed by atoms with Crippen LogP contribution in [0, 0.1) is 0 Å². The van der Waals surface area contributed by atoms with Crippen LogP contribution in [0.3, 0.4) is 0 Å². The molecule has 0 atom stereocenters. The van der Waals surface area contributed by atoms with Crippen molar-refractivity contribution in [2.45, 2.75) is 0 Å². The van der Waals surface area contributed by atoms with Gasteiger partial charge in [0.05, 0.1) is 30.7 Å². The van der Waals surface area contributed by atoms with Crippen molar-refractivity contribution in [1.82, 2.24) is 4.58 Å². The van der Waals surface area contributed by atoms with Crippen molar-refractivity contribution in [3.05, 3.63) is 84.2 Å². The lowest BCUT2D eigenvalue weighted by Crippen LogP contribution is -2.34. The van der Waals surface area contributed by atoms with Crippen molar-refractivity contribution in [1.29, 1.82) is 0 Å². The monoisotopic (exact) mass is 785 g/mol. The predicted molar refractivity (Wildman–Crippen MR) is 213 cm³/mol. The second-order valence-electron chi connectivity index (χ2n) is 13.4. The molecular weight excluding hydrogens is 740 g/mol. The van der Waals surface area contributed by atoms with Crippen LogP contribution in [0.25, 0.3) is 33.4 Å². The van der Waals surface area contributed by atoms with Crippen LogP contribution in [0.4, 0.5) is 17.1 Å². The molecule has 1 aliphatic heterocycles. The highest BCUT2D eigenvalue weighted by Crippen LogP contribution is 2.43. The lowest BCUT2D eigenvalue weighted by atomic mass is 9.93. The lowest BCUT2D eigenvalue weighted by Gasteiger charge is -2.25. The average Bonchev–Trinajstić information content (AvgIpc) is 3.14. The molecule has 16 nitrogen and oxygen atoms in total. The van der Waals surface area contributed by atoms with Crippen molar-refractivity contribution in [2.24, 2.45) is 0 Å². The number of carboxylic acids is 4. The van der Waals surface area contributed by atoms with E-state index in [1.165, 1.54) is 9.80 Å². The molecule has 3 aromatic carbocycles. The number of aliphatic carboxylic acids is 4. The SMILES string of the molecule is CN(C)c1ccc2c(-c3ccc(N(CC(=O)O)CC(=O)O)c(OCCOCCOc4ccccc4N(CC(=O)O)CC(=O)O)c3)c3ccc(=[N+](C)C)cc-3oc2c1. The molecule has 16 heteroatoms. The molecule has 5 rings (SSSR count). The Morgan fingerprint density at radius 2 is 1.23 bits per heavy atom. The van der Waals surface area contributed by atoms with Gasteiger partial charge in [0.1, 0.15) is 76.3 Å². The van der Waals surface area contributed by atoms with Gasteiger partial charge in [0.25, 0.3) is 0 Å². The zero-order valence-corrected chi connectivity index (χ0v) is 32.0. The molecule has 2 aliphatic rings. The summed E-state index contributed by atoms with van der Waals surface area (Å²) >= 11 is 0. The Morgan fingerprint density at radius 3 is 1.81 bits per heavy atom. The Hall–Kier alpha value is -6.81. The number of benzene rings is 4. The Bertz CT molecular complexity index is 2270. The maximum Gasteiger partial charge on any atom is 0.323 e. The highest BCUT2D eigenvalue weighted by atomic mass is 16.5. The highest BCUT2D eigenvalue weighted by Gasteiger charge is 2.23. The first-order valence-electron chi connectivity index (χ1n) is 17.8. The maximum absolute atomic E-state index is 11.8. The van der Waals surface area contributed by atoms with Crippen LogP contribution >= 0.6 is 0 Å². The van der Waals surface area contributed by atoms with E-state index in [1.54, 1.807) is 42.5 Å². The van der Waals surface area contributed by atoms with Gasteiger partial charge < -0.3 is 53.8 Å². The number of hydrogen-bond acceptors (Lipinski definition) is 11. The van der Waals surface area contributed by atoms with Crippen LogP contribution < -0.4 is 34.1 Å². The van der Waals surface area contributed by atoms with Crippen LogP contribution in [-0.4, -0.2) is 125 Å². The molecule has 3 aromatic rings. The molecule has 1 aliphatic carbocycles. The maximum atomic E-state index is 11.8. The van der Waals surface area contributed by atoms with Crippen molar-refractivity contribution in [3.8, 4) is 33.9 Å². The van der Waals surface area contributed by atoms with Crippen LogP contribution in [0.1, 0.15) is 0 Å². The molecule has 0 saturated heterocycles. The third-order valence-corrected chi connectivity index (χ3v) is 8.79. The fourth-order valence-electron chi connectivity index (χ4n) is 6.25. The Balaban J connectivity index is 1.42. The number of rotatable bonds is 20. The number of hydrogen-bond donors (Lipinski definition) is 4. The van der Waals surface area contributed by atoms with Gasteiger partial charge in [-0.2, -0.15) is 0 Å². The van der Waals surface area contributed by atoms with Crippen LogP contribution in [0.15, 0.2) is 83.3 Å². The second kappa shape index (κ2) is 18.7. The van der Waals surface area contributed by atoms with Gasteiger partial charge in [-0.25, -0.2) is 4.58 Å². The minimum Gasteiger partial charge on any atom is -0.489 e. The van der Waals surface area contributed by atoms with E-state index in [0.717, 1.165) is 27.6 Å². The first kappa shape index (κ1) is 41.4. The van der Waals surface area contributed by atoms with Crippen LogP contribution in [-0.2, 0) is 23.9 Å². The van der Waals surface area contributed by atoms with Crippen molar-refractivity contribution >= 4 is 51.9 Å². The summed E-state index contributed by atoms with van der Waals surface area (Å²) in [4.78, 5) is 50.8. The third-order valence-electron chi connectivity index (χ3n) is 8.79. The standard InChI is InChI=1S/C41H44N4O12/c1-42(2)27-10-12-29-34(20-27)57-35-21-28(43(3)4)11-13-30(35)41(29)26-9-14-32(45(24-39(50)51)25-40(52)53)36(19-26)56-18-16-54-15-17-55-33-8-6-5-7-31(33)44(22-37(46)47)23-38(48)49/h5-14,19-21H,15-18,22-25H2,1-4H3,(H3-,46,47,48,49,50,51,52,53)/p+1. The van der Waals surface area contributed by atoms with Gasteiger partial charge in [-0.3, -0.25) is 19.2 Å². The molecule has 0 spiro atoms. The van der Waals surface area contributed by atoms with Gasteiger partial charge in [0.15, 0.2) is 0 Å². The first-order chi connectivity index (χ1) is 27.2. The fourth-order valence-corrected chi connectivity index (χ4v) is 6.25. The van der Waals surface area contributed by atoms with E-state index in [9.17, 15) is 39.6 Å². The molecule has 0 radical (unpaired) electrons. The van der Waals surface area contributed by atoms with E-state index in [-0.39, 0.29) is 43.6 Å². The highest BCUT2D eigenvalue weighted by molar-refractivity contribution is 6.03. The summed E-state index contributed by atoms with van der Waals surface area (Å²) in [5, 5.41) is 39.7. The normalized spacial score (nSPS) is 10.9. The van der Waals surface area contributed by atoms with E-state index in [1.807, 2.05) is 74.1 Å². The molecule has 0 fully saturated rings. The molecule has 0 unspecified atom stereocenters. The fraction of sp³-hybridized carbons (Fsp3) is 0.293. The first-order valence-corrected chi connectivity index (χ1v) is 17.8. The predicted octanol–water partition coefficient (Wildman–Crippen LogP) is 3.73.